The van der Waals surface area contributed by atoms with Crippen molar-refractivity contribution in [3.63, 3.8) is 0 Å². The monoisotopic (exact) mass is 583 g/mol. The maximum atomic E-state index is 12.6. The average Bonchev–Trinajstić information content (AvgIpc) is 2.90. The minimum Gasteiger partial charge on any atom is -0.493 e. The number of benzene rings is 3. The molecule has 2 amide bonds. The molecule has 0 radical (unpaired) electrons. The molecule has 9 nitrogen and oxygen atoms in total. The molecule has 0 bridgehead atoms. The van der Waals surface area contributed by atoms with Gasteiger partial charge in [-0.25, -0.2) is 5.43 Å². The van der Waals surface area contributed by atoms with E-state index in [-0.39, 0.29) is 12.5 Å². The lowest BCUT2D eigenvalue weighted by atomic mass is 10.2. The first-order valence-corrected chi connectivity index (χ1v) is 12.7. The van der Waals surface area contributed by atoms with Crippen molar-refractivity contribution in [1.82, 2.24) is 5.43 Å². The number of rotatable bonds is 12. The number of nitrogens with zero attached hydrogens (tertiary/aromatic N) is 1. The van der Waals surface area contributed by atoms with E-state index in [1.54, 1.807) is 30.3 Å². The molecule has 0 heterocycles. The van der Waals surface area contributed by atoms with Crippen molar-refractivity contribution in [3.05, 3.63) is 75.8 Å². The van der Waals surface area contributed by atoms with Gasteiger partial charge in [0.25, 0.3) is 11.8 Å². The van der Waals surface area contributed by atoms with Crippen molar-refractivity contribution in [2.45, 2.75) is 20.8 Å². The molecule has 0 fully saturated rings. The van der Waals surface area contributed by atoms with Gasteiger partial charge in [0, 0.05) is 11.3 Å². The zero-order valence-electron chi connectivity index (χ0n) is 21.7. The van der Waals surface area contributed by atoms with Crippen molar-refractivity contribution in [2.24, 2.45) is 5.10 Å². The predicted octanol–water partition coefficient (Wildman–Crippen LogP) is 5.34. The summed E-state index contributed by atoms with van der Waals surface area (Å²) in [6.45, 7) is 6.42. The topological polar surface area (TPSA) is 107 Å². The van der Waals surface area contributed by atoms with Crippen molar-refractivity contribution in [3.8, 4) is 23.0 Å². The number of carbonyl (C=O) groups excluding carboxylic acids is 2. The second-order valence-corrected chi connectivity index (χ2v) is 8.82. The Morgan fingerprint density at radius 3 is 2.32 bits per heavy atom. The molecule has 0 aliphatic rings. The zero-order valence-corrected chi connectivity index (χ0v) is 23.3. The van der Waals surface area contributed by atoms with Crippen LogP contribution in [0.1, 0.15) is 35.3 Å². The highest BCUT2D eigenvalue weighted by molar-refractivity contribution is 9.10. The first-order valence-electron chi connectivity index (χ1n) is 11.9. The summed E-state index contributed by atoms with van der Waals surface area (Å²) in [6.07, 6.45) is 1.47. The Kier molecular flexibility index (Phi) is 10.5. The van der Waals surface area contributed by atoms with Gasteiger partial charge >= 0.3 is 0 Å². The van der Waals surface area contributed by atoms with Gasteiger partial charge in [-0.15, -0.1) is 0 Å². The fourth-order valence-corrected chi connectivity index (χ4v) is 3.92. The van der Waals surface area contributed by atoms with Crippen LogP contribution in [0.5, 0.6) is 23.0 Å². The predicted molar refractivity (Wildman–Crippen MR) is 150 cm³/mol. The molecular weight excluding hydrogens is 554 g/mol. The highest BCUT2D eigenvalue weighted by Crippen LogP contribution is 2.36. The van der Waals surface area contributed by atoms with Crippen LogP contribution < -0.4 is 29.7 Å². The summed E-state index contributed by atoms with van der Waals surface area (Å²) in [5.74, 6) is 1.10. The number of amides is 2. The van der Waals surface area contributed by atoms with Crippen LogP contribution in [0.4, 0.5) is 5.69 Å². The summed E-state index contributed by atoms with van der Waals surface area (Å²) in [5.41, 5.74) is 5.29. The number of aryl methyl sites for hydroxylation is 1. The highest BCUT2D eigenvalue weighted by atomic mass is 79.9. The molecule has 2 N–H and O–H groups in total. The first-order chi connectivity index (χ1) is 18.3. The lowest BCUT2D eigenvalue weighted by Gasteiger charge is -2.13. The molecule has 0 atom stereocenters. The van der Waals surface area contributed by atoms with Crippen molar-refractivity contribution < 1.29 is 28.5 Å². The Bertz CT molecular complexity index is 1290. The van der Waals surface area contributed by atoms with E-state index in [1.807, 2.05) is 45.0 Å². The van der Waals surface area contributed by atoms with Gasteiger partial charge in [0.2, 0.25) is 0 Å². The number of hydrogen-bond donors (Lipinski definition) is 2. The fourth-order valence-electron chi connectivity index (χ4n) is 3.35. The smallest absolute Gasteiger partial charge is 0.271 e. The molecule has 0 aliphatic heterocycles. The third-order valence-electron chi connectivity index (χ3n) is 5.12. The summed E-state index contributed by atoms with van der Waals surface area (Å²) in [7, 11) is 1.49. The van der Waals surface area contributed by atoms with E-state index >= 15 is 0 Å². The number of hydrazone groups is 1. The summed E-state index contributed by atoms with van der Waals surface area (Å²) in [6, 6.07) is 15.8. The summed E-state index contributed by atoms with van der Waals surface area (Å²) in [5, 5.41) is 6.83. The maximum Gasteiger partial charge on any atom is 0.271 e. The Morgan fingerprint density at radius 1 is 0.921 bits per heavy atom. The molecule has 0 spiro atoms. The van der Waals surface area contributed by atoms with Gasteiger partial charge in [0.1, 0.15) is 0 Å². The molecule has 3 aromatic carbocycles. The normalized spacial score (nSPS) is 10.7. The Balaban J connectivity index is 1.63. The van der Waals surface area contributed by atoms with Crippen molar-refractivity contribution in [2.75, 3.05) is 32.2 Å². The standard InChI is InChI=1S/C28H30BrN3O6/c1-5-36-23-12-9-20(15-24(23)37-6-2)28(34)32-30-16-19-13-22(29)27(25(14-19)35-4)38-17-26(33)31-21-10-7-18(3)8-11-21/h7-16H,5-6,17H2,1-4H3,(H,31,33)(H,32,34)/b30-16+. The molecule has 200 valence electrons. The van der Waals surface area contributed by atoms with E-state index in [1.165, 1.54) is 13.3 Å². The van der Waals surface area contributed by atoms with Crippen LogP contribution in [-0.2, 0) is 4.79 Å². The molecule has 0 unspecified atom stereocenters. The van der Waals surface area contributed by atoms with Crippen molar-refractivity contribution in [1.29, 1.82) is 0 Å². The minimum absolute atomic E-state index is 0.210. The summed E-state index contributed by atoms with van der Waals surface area (Å²) < 4.78 is 22.8. The average molecular weight is 584 g/mol. The van der Waals surface area contributed by atoms with Crippen LogP contribution in [-0.4, -0.2) is 45.0 Å². The van der Waals surface area contributed by atoms with Crippen LogP contribution >= 0.6 is 15.9 Å². The van der Waals surface area contributed by atoms with E-state index in [9.17, 15) is 9.59 Å². The summed E-state index contributed by atoms with van der Waals surface area (Å²) in [4.78, 5) is 24.9. The van der Waals surface area contributed by atoms with E-state index in [2.05, 4.69) is 31.8 Å². The second-order valence-electron chi connectivity index (χ2n) is 7.96. The maximum absolute atomic E-state index is 12.6. The number of anilines is 1. The van der Waals surface area contributed by atoms with Gasteiger partial charge in [-0.05, 0) is 84.7 Å². The fraction of sp³-hybridized carbons (Fsp3) is 0.250. The number of methoxy groups -OCH3 is 1. The number of hydrogen-bond acceptors (Lipinski definition) is 7. The lowest BCUT2D eigenvalue weighted by molar-refractivity contribution is -0.118. The number of ether oxygens (including phenoxy) is 4. The molecule has 0 aliphatic carbocycles. The van der Waals surface area contributed by atoms with Crippen LogP contribution in [0.2, 0.25) is 0 Å². The Morgan fingerprint density at radius 2 is 1.63 bits per heavy atom. The number of carbonyl (C=O) groups is 2. The van der Waals surface area contributed by atoms with E-state index in [0.717, 1.165) is 5.56 Å². The van der Waals surface area contributed by atoms with E-state index in [4.69, 9.17) is 18.9 Å². The zero-order chi connectivity index (χ0) is 27.5. The van der Waals surface area contributed by atoms with Gasteiger partial charge in [-0.1, -0.05) is 17.7 Å². The minimum atomic E-state index is -0.407. The van der Waals surface area contributed by atoms with Gasteiger partial charge in [-0.2, -0.15) is 5.10 Å². The summed E-state index contributed by atoms with van der Waals surface area (Å²) >= 11 is 3.45. The molecule has 10 heteroatoms. The van der Waals surface area contributed by atoms with E-state index in [0.29, 0.717) is 57.5 Å². The van der Waals surface area contributed by atoms with Gasteiger partial charge in [0.15, 0.2) is 29.6 Å². The van der Waals surface area contributed by atoms with E-state index < -0.39 is 5.91 Å². The quantitative estimate of drug-likeness (QED) is 0.220. The molecule has 0 aromatic heterocycles. The first kappa shape index (κ1) is 28.5. The lowest BCUT2D eigenvalue weighted by Crippen LogP contribution is -2.20. The second kappa shape index (κ2) is 14.0. The van der Waals surface area contributed by atoms with Crippen LogP contribution in [0.3, 0.4) is 0 Å². The van der Waals surface area contributed by atoms with Crippen LogP contribution in [0.25, 0.3) is 0 Å². The number of nitrogens with one attached hydrogen (secondary N) is 2. The Hall–Kier alpha value is -4.05. The van der Waals surface area contributed by atoms with Crippen LogP contribution in [0, 0.1) is 6.92 Å². The highest BCUT2D eigenvalue weighted by Gasteiger charge is 2.14. The van der Waals surface area contributed by atoms with Gasteiger partial charge < -0.3 is 24.3 Å². The molecule has 3 aromatic rings. The molecule has 38 heavy (non-hydrogen) atoms. The third-order valence-corrected chi connectivity index (χ3v) is 5.71. The molecule has 0 saturated carbocycles. The number of halogens is 1. The molecule has 3 rings (SSSR count). The largest absolute Gasteiger partial charge is 0.493 e. The molecular formula is C28H30BrN3O6. The van der Waals surface area contributed by atoms with Crippen LogP contribution in [0.15, 0.2) is 64.2 Å². The molecule has 0 saturated heterocycles. The van der Waals surface area contributed by atoms with Gasteiger partial charge in [-0.3, -0.25) is 9.59 Å². The van der Waals surface area contributed by atoms with Gasteiger partial charge in [0.05, 0.1) is 31.0 Å². The van der Waals surface area contributed by atoms with Crippen molar-refractivity contribution >= 4 is 39.6 Å². The SMILES string of the molecule is CCOc1ccc(C(=O)N/N=C/c2cc(Br)c(OCC(=O)Nc3ccc(C)cc3)c(OC)c2)cc1OCC. The third kappa shape index (κ3) is 7.97. The Labute approximate surface area is 230 Å².